The zero-order valence-electron chi connectivity index (χ0n) is 10.4. The summed E-state index contributed by atoms with van der Waals surface area (Å²) in [6, 6.07) is 9.11. The largest absolute Gasteiger partial charge is 0.454 e. The van der Waals surface area contributed by atoms with Crippen molar-refractivity contribution in [2.24, 2.45) is 0 Å². The lowest BCUT2D eigenvalue weighted by atomic mass is 10.1. The summed E-state index contributed by atoms with van der Waals surface area (Å²) in [6.07, 6.45) is -4.66. The number of ether oxygens (including phenoxy) is 1. The smallest absolute Gasteiger partial charge is 0.417 e. The summed E-state index contributed by atoms with van der Waals surface area (Å²) in [5.41, 5.74) is 4.30. The second-order valence-corrected chi connectivity index (χ2v) is 4.48. The first-order valence-electron chi connectivity index (χ1n) is 5.66. The van der Waals surface area contributed by atoms with Crippen molar-refractivity contribution in [3.8, 4) is 17.6 Å². The molecule has 3 nitrogen and oxygen atoms in total. The highest BCUT2D eigenvalue weighted by molar-refractivity contribution is 6.32. The van der Waals surface area contributed by atoms with Crippen LogP contribution in [0.5, 0.6) is 11.5 Å². The first-order chi connectivity index (χ1) is 9.82. The molecule has 0 heterocycles. The predicted octanol–water partition coefficient (Wildman–Crippen LogP) is 4.60. The van der Waals surface area contributed by atoms with Crippen LogP contribution in [0.1, 0.15) is 11.1 Å². The first kappa shape index (κ1) is 15.0. The third kappa shape index (κ3) is 3.20. The zero-order valence-corrected chi connectivity index (χ0v) is 11.2. The molecular weight excluding hydrogens is 305 g/mol. The summed E-state index contributed by atoms with van der Waals surface area (Å²) in [5, 5.41) is 8.89. The Bertz CT molecular complexity index is 703. The molecule has 0 bridgehead atoms. The SMILES string of the molecule is N#Cc1ccc(Oc2c(N)cccc2Cl)cc1C(F)(F)F. The number of para-hydroxylation sites is 1. The van der Waals surface area contributed by atoms with Gasteiger partial charge in [0.05, 0.1) is 27.9 Å². The van der Waals surface area contributed by atoms with Gasteiger partial charge in [0.25, 0.3) is 0 Å². The van der Waals surface area contributed by atoms with Crippen molar-refractivity contribution in [1.82, 2.24) is 0 Å². The Morgan fingerprint density at radius 3 is 2.48 bits per heavy atom. The Kier molecular flexibility index (Phi) is 3.96. The van der Waals surface area contributed by atoms with E-state index in [-0.39, 0.29) is 22.2 Å². The molecular formula is C14H8ClF3N2O. The summed E-state index contributed by atoms with van der Waals surface area (Å²) >= 11 is 5.89. The highest BCUT2D eigenvalue weighted by atomic mass is 35.5. The summed E-state index contributed by atoms with van der Waals surface area (Å²) in [4.78, 5) is 0. The molecule has 0 fully saturated rings. The minimum atomic E-state index is -4.66. The number of nitrogens with two attached hydrogens (primary N) is 1. The van der Waals surface area contributed by atoms with Gasteiger partial charge in [0.15, 0.2) is 5.75 Å². The van der Waals surface area contributed by atoms with Crippen molar-refractivity contribution in [2.45, 2.75) is 6.18 Å². The lowest BCUT2D eigenvalue weighted by molar-refractivity contribution is -0.137. The molecule has 0 aliphatic carbocycles. The van der Waals surface area contributed by atoms with Gasteiger partial charge in [-0.1, -0.05) is 17.7 Å². The lowest BCUT2D eigenvalue weighted by Crippen LogP contribution is -2.08. The zero-order chi connectivity index (χ0) is 15.6. The Morgan fingerprint density at radius 1 is 1.19 bits per heavy atom. The molecule has 7 heteroatoms. The van der Waals surface area contributed by atoms with Gasteiger partial charge in [-0.3, -0.25) is 0 Å². The minimum absolute atomic E-state index is 0.0667. The molecule has 0 saturated carbocycles. The van der Waals surface area contributed by atoms with Crippen LogP contribution in [0, 0.1) is 11.3 Å². The number of benzene rings is 2. The van der Waals surface area contributed by atoms with Gasteiger partial charge in [0, 0.05) is 0 Å². The molecule has 108 valence electrons. The quantitative estimate of drug-likeness (QED) is 0.824. The minimum Gasteiger partial charge on any atom is -0.454 e. The fourth-order valence-corrected chi connectivity index (χ4v) is 1.89. The standard InChI is InChI=1S/C14H8ClF3N2O/c15-11-2-1-3-12(20)13(11)21-9-5-4-8(7-19)10(6-9)14(16,17)18/h1-6H,20H2. The summed E-state index contributed by atoms with van der Waals surface area (Å²) in [7, 11) is 0. The highest BCUT2D eigenvalue weighted by Crippen LogP contribution is 2.38. The third-order valence-corrected chi connectivity index (χ3v) is 2.93. The maximum atomic E-state index is 12.9. The van der Waals surface area contributed by atoms with Crippen molar-refractivity contribution in [2.75, 3.05) is 5.73 Å². The van der Waals surface area contributed by atoms with Gasteiger partial charge in [0.1, 0.15) is 5.75 Å². The van der Waals surface area contributed by atoms with E-state index in [0.29, 0.717) is 0 Å². The third-order valence-electron chi connectivity index (χ3n) is 2.63. The average molecular weight is 313 g/mol. The second kappa shape index (κ2) is 5.54. The molecule has 0 aliphatic rings. The van der Waals surface area contributed by atoms with E-state index >= 15 is 0 Å². The Labute approximate surface area is 123 Å². The van der Waals surface area contributed by atoms with Crippen molar-refractivity contribution < 1.29 is 17.9 Å². The van der Waals surface area contributed by atoms with Crippen molar-refractivity contribution in [1.29, 1.82) is 5.26 Å². The molecule has 0 unspecified atom stereocenters. The van der Waals surface area contributed by atoms with E-state index in [0.717, 1.165) is 12.1 Å². The summed E-state index contributed by atoms with van der Waals surface area (Å²) in [6.45, 7) is 0. The maximum Gasteiger partial charge on any atom is 0.417 e. The van der Waals surface area contributed by atoms with Crippen LogP contribution in [0.3, 0.4) is 0 Å². The molecule has 0 aliphatic heterocycles. The van der Waals surface area contributed by atoms with E-state index in [9.17, 15) is 13.2 Å². The molecule has 0 saturated heterocycles. The van der Waals surface area contributed by atoms with E-state index in [1.807, 2.05) is 0 Å². The molecule has 0 amide bonds. The fraction of sp³-hybridized carbons (Fsp3) is 0.0714. The summed E-state index contributed by atoms with van der Waals surface area (Å²) < 4.78 is 43.9. The Hall–Kier alpha value is -2.39. The van der Waals surface area contributed by atoms with Gasteiger partial charge in [-0.15, -0.1) is 0 Å². The normalized spacial score (nSPS) is 11.0. The number of halogens is 4. The molecule has 21 heavy (non-hydrogen) atoms. The number of nitrogens with zero attached hydrogens (tertiary/aromatic N) is 1. The number of alkyl halides is 3. The molecule has 0 aromatic heterocycles. The van der Waals surface area contributed by atoms with Crippen LogP contribution in [-0.2, 0) is 6.18 Å². The van der Waals surface area contributed by atoms with Crippen molar-refractivity contribution in [3.05, 3.63) is 52.5 Å². The number of anilines is 1. The second-order valence-electron chi connectivity index (χ2n) is 4.08. The molecule has 2 aromatic rings. The van der Waals surface area contributed by atoms with Crippen LogP contribution in [0.2, 0.25) is 5.02 Å². The number of rotatable bonds is 2. The van der Waals surface area contributed by atoms with Crippen LogP contribution >= 0.6 is 11.6 Å². The van der Waals surface area contributed by atoms with Gasteiger partial charge >= 0.3 is 6.18 Å². The average Bonchev–Trinajstić information content (AvgIpc) is 2.42. The molecule has 2 aromatic carbocycles. The lowest BCUT2D eigenvalue weighted by Gasteiger charge is -2.13. The molecule has 2 rings (SSSR count). The van der Waals surface area contributed by atoms with Crippen LogP contribution in [-0.4, -0.2) is 0 Å². The number of hydrogen-bond acceptors (Lipinski definition) is 3. The van der Waals surface area contributed by atoms with E-state index in [4.69, 9.17) is 27.3 Å². The molecule has 0 spiro atoms. The van der Waals surface area contributed by atoms with Crippen LogP contribution in [0.25, 0.3) is 0 Å². The predicted molar refractivity (Wildman–Crippen MR) is 72.1 cm³/mol. The van der Waals surface area contributed by atoms with E-state index < -0.39 is 17.3 Å². The monoisotopic (exact) mass is 312 g/mol. The highest BCUT2D eigenvalue weighted by Gasteiger charge is 2.34. The Balaban J connectivity index is 2.45. The van der Waals surface area contributed by atoms with Gasteiger partial charge in [-0.05, 0) is 30.3 Å². The first-order valence-corrected chi connectivity index (χ1v) is 6.04. The van der Waals surface area contributed by atoms with E-state index in [2.05, 4.69) is 0 Å². The number of nitrogen functional groups attached to an aromatic ring is 1. The van der Waals surface area contributed by atoms with Gasteiger partial charge in [0.2, 0.25) is 0 Å². The van der Waals surface area contributed by atoms with Gasteiger partial charge < -0.3 is 10.5 Å². The van der Waals surface area contributed by atoms with Crippen molar-refractivity contribution in [3.63, 3.8) is 0 Å². The van der Waals surface area contributed by atoms with Gasteiger partial charge in [-0.2, -0.15) is 18.4 Å². The Morgan fingerprint density at radius 2 is 1.90 bits per heavy atom. The maximum absolute atomic E-state index is 12.9. The van der Waals surface area contributed by atoms with Crippen LogP contribution in [0.4, 0.5) is 18.9 Å². The summed E-state index contributed by atoms with van der Waals surface area (Å²) in [5.74, 6) is -0.0434. The molecule has 0 radical (unpaired) electrons. The topological polar surface area (TPSA) is 59.0 Å². The molecule has 2 N–H and O–H groups in total. The van der Waals surface area contributed by atoms with Crippen LogP contribution in [0.15, 0.2) is 36.4 Å². The number of nitriles is 1. The van der Waals surface area contributed by atoms with Crippen molar-refractivity contribution >= 4 is 17.3 Å². The number of hydrogen-bond donors (Lipinski definition) is 1. The fourth-order valence-electron chi connectivity index (χ4n) is 1.67. The van der Waals surface area contributed by atoms with Crippen LogP contribution < -0.4 is 10.5 Å². The van der Waals surface area contributed by atoms with E-state index in [1.54, 1.807) is 6.07 Å². The van der Waals surface area contributed by atoms with Gasteiger partial charge in [-0.25, -0.2) is 0 Å². The molecule has 0 atom stereocenters. The van der Waals surface area contributed by atoms with E-state index in [1.165, 1.54) is 24.3 Å².